The minimum Gasteiger partial charge on any atom is -0.119 e. The lowest BCUT2D eigenvalue weighted by Crippen LogP contribution is -2.26. The van der Waals surface area contributed by atoms with Crippen molar-refractivity contribution in [3.05, 3.63) is 0 Å². The van der Waals surface area contributed by atoms with E-state index >= 15 is 0 Å². The van der Waals surface area contributed by atoms with Gasteiger partial charge in [0.25, 0.3) is 0 Å². The van der Waals surface area contributed by atoms with Crippen LogP contribution in [0.3, 0.4) is 0 Å². The third-order valence-electron chi connectivity index (χ3n) is 9.04. The van der Waals surface area contributed by atoms with E-state index in [0.717, 1.165) is 0 Å². The molecule has 0 fully saturated rings. The number of rotatable bonds is 31. The maximum atomic E-state index is 6.99. The zero-order valence-corrected chi connectivity index (χ0v) is 27.4. The van der Waals surface area contributed by atoms with Crippen LogP contribution in [0.2, 0.25) is 0 Å². The van der Waals surface area contributed by atoms with Crippen LogP contribution in [0.4, 0.5) is 0 Å². The van der Waals surface area contributed by atoms with E-state index in [0.29, 0.717) is 5.92 Å². The fraction of sp³-hybridized carbons (Fsp3) is 1.00. The molecule has 2 unspecified atom stereocenters. The first-order chi connectivity index (χ1) is 18.0. The highest BCUT2D eigenvalue weighted by molar-refractivity contribution is 6.23. The van der Waals surface area contributed by atoms with Crippen molar-refractivity contribution < 1.29 is 0 Å². The van der Waals surface area contributed by atoms with Crippen molar-refractivity contribution in [3.8, 4) is 0 Å². The van der Waals surface area contributed by atoms with E-state index in [2.05, 4.69) is 27.7 Å². The number of unbranched alkanes of at least 4 members (excludes halogenated alkanes) is 26. The van der Waals surface area contributed by atoms with Gasteiger partial charge in [-0.1, -0.05) is 201 Å². The number of alkyl halides is 1. The molecule has 37 heavy (non-hydrogen) atoms. The van der Waals surface area contributed by atoms with Crippen LogP contribution in [0.15, 0.2) is 0 Å². The van der Waals surface area contributed by atoms with Gasteiger partial charge in [0.05, 0.1) is 0 Å². The molecule has 0 rings (SSSR count). The Balaban J connectivity index is 3.41. The summed E-state index contributed by atoms with van der Waals surface area (Å²) in [5, 5.41) is 0. The second-order valence-electron chi connectivity index (χ2n) is 12.9. The summed E-state index contributed by atoms with van der Waals surface area (Å²) in [6.45, 7) is 9.32. The molecule has 1 heteroatoms. The van der Waals surface area contributed by atoms with Gasteiger partial charge >= 0.3 is 0 Å². The van der Waals surface area contributed by atoms with E-state index in [1.807, 2.05) is 0 Å². The highest BCUT2D eigenvalue weighted by Gasteiger charge is 2.27. The summed E-state index contributed by atoms with van der Waals surface area (Å²) < 4.78 is 0. The van der Waals surface area contributed by atoms with E-state index in [9.17, 15) is 0 Å². The molecule has 0 heterocycles. The second kappa shape index (κ2) is 29.3. The molecule has 0 bridgehead atoms. The van der Waals surface area contributed by atoms with Crippen LogP contribution in [0.25, 0.3) is 0 Å². The Morgan fingerprint density at radius 1 is 0.405 bits per heavy atom. The summed E-state index contributed by atoms with van der Waals surface area (Å²) in [5.74, 6) is 0.647. The minimum atomic E-state index is 0.00771. The fourth-order valence-corrected chi connectivity index (χ4v) is 6.10. The Kier molecular flexibility index (Phi) is 29.5. The van der Waals surface area contributed by atoms with Crippen molar-refractivity contribution in [2.75, 3.05) is 0 Å². The third kappa shape index (κ3) is 27.6. The first-order valence-corrected chi connectivity index (χ1v) is 18.1. The molecule has 0 radical (unpaired) electrons. The van der Waals surface area contributed by atoms with E-state index in [4.69, 9.17) is 11.6 Å². The van der Waals surface area contributed by atoms with Crippen molar-refractivity contribution in [1.82, 2.24) is 0 Å². The van der Waals surface area contributed by atoms with Gasteiger partial charge in [-0.05, 0) is 25.7 Å². The molecule has 0 aromatic rings. The van der Waals surface area contributed by atoms with Gasteiger partial charge in [0.15, 0.2) is 0 Å². The maximum Gasteiger partial charge on any atom is 0.0444 e. The van der Waals surface area contributed by atoms with Gasteiger partial charge in [-0.15, -0.1) is 11.6 Å². The standard InChI is InChI=1S/C36H73Cl/c1-5-7-9-11-13-15-17-19-20-21-22-24-26-28-30-32-34-36(4,37)35(3)33-31-29-27-25-23-18-16-14-12-10-8-6-2/h35H,5-34H2,1-4H3. The molecule has 224 valence electrons. The molecule has 0 spiro atoms. The summed E-state index contributed by atoms with van der Waals surface area (Å²) >= 11 is 6.99. The second-order valence-corrected chi connectivity index (χ2v) is 13.8. The molecule has 0 N–H and O–H groups in total. The summed E-state index contributed by atoms with van der Waals surface area (Å²) in [6, 6.07) is 0. The van der Waals surface area contributed by atoms with Gasteiger partial charge in [-0.25, -0.2) is 0 Å². The molecule has 2 atom stereocenters. The zero-order valence-electron chi connectivity index (χ0n) is 26.7. The van der Waals surface area contributed by atoms with Crippen molar-refractivity contribution in [2.45, 2.75) is 225 Å². The Hall–Kier alpha value is 0.290. The highest BCUT2D eigenvalue weighted by Crippen LogP contribution is 2.34. The molecule has 0 saturated heterocycles. The number of hydrogen-bond donors (Lipinski definition) is 0. The smallest absolute Gasteiger partial charge is 0.0444 e. The van der Waals surface area contributed by atoms with Crippen LogP contribution in [0.1, 0.15) is 220 Å². The Morgan fingerprint density at radius 2 is 0.649 bits per heavy atom. The molecular formula is C36H73Cl. The molecular weight excluding hydrogens is 468 g/mol. The van der Waals surface area contributed by atoms with Crippen molar-refractivity contribution in [3.63, 3.8) is 0 Å². The number of halogens is 1. The minimum absolute atomic E-state index is 0.00771. The van der Waals surface area contributed by atoms with E-state index in [1.165, 1.54) is 193 Å². The van der Waals surface area contributed by atoms with Crippen LogP contribution in [-0.4, -0.2) is 4.87 Å². The molecule has 0 nitrogen and oxygen atoms in total. The predicted molar refractivity (Wildman–Crippen MR) is 173 cm³/mol. The quantitative estimate of drug-likeness (QED) is 0.0605. The largest absolute Gasteiger partial charge is 0.119 e. The molecule has 0 amide bonds. The fourth-order valence-electron chi connectivity index (χ4n) is 5.86. The molecule has 0 aromatic carbocycles. The molecule has 0 aliphatic carbocycles. The van der Waals surface area contributed by atoms with Crippen molar-refractivity contribution >= 4 is 11.6 Å². The Bertz CT molecular complexity index is 415. The van der Waals surface area contributed by atoms with Crippen LogP contribution >= 0.6 is 11.6 Å². The van der Waals surface area contributed by atoms with Crippen LogP contribution < -0.4 is 0 Å². The average Bonchev–Trinajstić information content (AvgIpc) is 2.88. The maximum absolute atomic E-state index is 6.99. The van der Waals surface area contributed by atoms with E-state index < -0.39 is 0 Å². The first-order valence-electron chi connectivity index (χ1n) is 17.7. The van der Waals surface area contributed by atoms with Crippen LogP contribution in [-0.2, 0) is 0 Å². The zero-order chi connectivity index (χ0) is 27.3. The van der Waals surface area contributed by atoms with Crippen LogP contribution in [0, 0.1) is 5.92 Å². The summed E-state index contributed by atoms with van der Waals surface area (Å²) in [6.07, 6.45) is 42.7. The Morgan fingerprint density at radius 3 is 0.946 bits per heavy atom. The van der Waals surface area contributed by atoms with Gasteiger partial charge in [-0.2, -0.15) is 0 Å². The van der Waals surface area contributed by atoms with E-state index in [-0.39, 0.29) is 4.87 Å². The van der Waals surface area contributed by atoms with E-state index in [1.54, 1.807) is 0 Å². The lowest BCUT2D eigenvalue weighted by atomic mass is 9.85. The molecule has 0 aliphatic heterocycles. The third-order valence-corrected chi connectivity index (χ3v) is 9.60. The topological polar surface area (TPSA) is 0 Å². The van der Waals surface area contributed by atoms with Crippen molar-refractivity contribution in [1.29, 1.82) is 0 Å². The summed E-state index contributed by atoms with van der Waals surface area (Å²) in [7, 11) is 0. The van der Waals surface area contributed by atoms with Gasteiger partial charge in [0.2, 0.25) is 0 Å². The van der Waals surface area contributed by atoms with Gasteiger partial charge in [0, 0.05) is 4.87 Å². The lowest BCUT2D eigenvalue weighted by Gasteiger charge is -2.29. The lowest BCUT2D eigenvalue weighted by molar-refractivity contribution is 0.350. The molecule has 0 saturated carbocycles. The van der Waals surface area contributed by atoms with Gasteiger partial charge in [-0.3, -0.25) is 0 Å². The molecule has 0 aliphatic rings. The summed E-state index contributed by atoms with van der Waals surface area (Å²) in [5.41, 5.74) is 0. The van der Waals surface area contributed by atoms with Crippen molar-refractivity contribution in [2.24, 2.45) is 5.92 Å². The molecule has 0 aromatic heterocycles. The SMILES string of the molecule is CCCCCCCCCCCCCCCCCCC(C)(Cl)C(C)CCCCCCCCCCCCCC. The Labute approximate surface area is 242 Å². The highest BCUT2D eigenvalue weighted by atomic mass is 35.5. The van der Waals surface area contributed by atoms with Crippen LogP contribution in [0.5, 0.6) is 0 Å². The normalized spacial score (nSPS) is 14.2. The predicted octanol–water partition coefficient (Wildman–Crippen LogP) is 14.4. The first kappa shape index (κ1) is 37.3. The number of hydrogen-bond acceptors (Lipinski definition) is 0. The monoisotopic (exact) mass is 541 g/mol. The van der Waals surface area contributed by atoms with Gasteiger partial charge < -0.3 is 0 Å². The average molecular weight is 541 g/mol. The van der Waals surface area contributed by atoms with Gasteiger partial charge in [0.1, 0.15) is 0 Å². The summed E-state index contributed by atoms with van der Waals surface area (Å²) in [4.78, 5) is 0.00771.